The summed E-state index contributed by atoms with van der Waals surface area (Å²) in [5, 5.41) is 10.3. The number of nitrogens with zero attached hydrogens (tertiary/aromatic N) is 2. The third-order valence-corrected chi connectivity index (χ3v) is 3.79. The third-order valence-electron chi connectivity index (χ3n) is 3.44. The number of ether oxygens (including phenoxy) is 2. The van der Waals surface area contributed by atoms with Gasteiger partial charge in [-0.15, -0.1) is 0 Å². The lowest BCUT2D eigenvalue weighted by Gasteiger charge is -2.23. The SMILES string of the molecule is COC(=O)C1=C(C(=O)OC)N(c2c([N+](=O)[O-])cc(F)c(Cl)c2F)C=CC=C1. The van der Waals surface area contributed by atoms with E-state index in [2.05, 4.69) is 9.47 Å². The summed E-state index contributed by atoms with van der Waals surface area (Å²) in [6, 6.07) is 0.402. The standard InChI is InChI=1S/C16H11ClF2N2O6/c1-26-15(22)8-5-3-4-6-20(13(8)16(23)27-2)14-10(21(24)25)7-9(18)11(17)12(14)19/h3-7H,1-2H3. The van der Waals surface area contributed by atoms with Crippen molar-refractivity contribution < 1.29 is 32.8 Å². The zero-order chi connectivity index (χ0) is 20.3. The summed E-state index contributed by atoms with van der Waals surface area (Å²) >= 11 is 5.54. The number of nitro groups is 1. The van der Waals surface area contributed by atoms with Gasteiger partial charge in [0.1, 0.15) is 10.7 Å². The van der Waals surface area contributed by atoms with Gasteiger partial charge in [-0.1, -0.05) is 17.7 Å². The van der Waals surface area contributed by atoms with E-state index in [1.807, 2.05) is 0 Å². The molecule has 0 spiro atoms. The van der Waals surface area contributed by atoms with Crippen LogP contribution in [0.4, 0.5) is 20.2 Å². The van der Waals surface area contributed by atoms with Crippen molar-refractivity contribution >= 4 is 34.9 Å². The molecule has 11 heteroatoms. The molecule has 142 valence electrons. The molecule has 0 bridgehead atoms. The molecule has 1 aromatic rings. The molecule has 0 fully saturated rings. The molecule has 0 saturated heterocycles. The fourth-order valence-electron chi connectivity index (χ4n) is 2.28. The molecule has 0 aliphatic carbocycles. The highest BCUT2D eigenvalue weighted by Crippen LogP contribution is 2.40. The maximum absolute atomic E-state index is 14.7. The Morgan fingerprint density at radius 1 is 1.19 bits per heavy atom. The maximum Gasteiger partial charge on any atom is 0.355 e. The van der Waals surface area contributed by atoms with Crippen molar-refractivity contribution in [3.63, 3.8) is 0 Å². The molecular weight excluding hydrogens is 390 g/mol. The molecule has 0 radical (unpaired) electrons. The van der Waals surface area contributed by atoms with Crippen molar-refractivity contribution in [2.75, 3.05) is 19.1 Å². The number of hydrogen-bond donors (Lipinski definition) is 0. The number of carbonyl (C=O) groups is 2. The van der Waals surface area contributed by atoms with Crippen molar-refractivity contribution in [3.05, 3.63) is 68.5 Å². The summed E-state index contributed by atoms with van der Waals surface area (Å²) in [5.41, 5.74) is -2.83. The average Bonchev–Trinajstić information content (AvgIpc) is 2.87. The molecule has 1 aliphatic heterocycles. The van der Waals surface area contributed by atoms with E-state index >= 15 is 0 Å². The summed E-state index contributed by atoms with van der Waals surface area (Å²) in [6.45, 7) is 0. The monoisotopic (exact) mass is 400 g/mol. The summed E-state index contributed by atoms with van der Waals surface area (Å²) < 4.78 is 37.6. The first-order valence-electron chi connectivity index (χ1n) is 7.11. The number of carbonyl (C=O) groups excluding carboxylic acids is 2. The fraction of sp³-hybridized carbons (Fsp3) is 0.125. The number of allylic oxidation sites excluding steroid dienone is 2. The summed E-state index contributed by atoms with van der Waals surface area (Å²) in [5.74, 6) is -4.98. The molecule has 0 unspecified atom stereocenters. The Labute approximate surface area is 156 Å². The summed E-state index contributed by atoms with van der Waals surface area (Å²) in [6.07, 6.45) is 4.80. The number of rotatable bonds is 4. The topological polar surface area (TPSA) is 99.0 Å². The second-order valence-electron chi connectivity index (χ2n) is 4.93. The highest BCUT2D eigenvalue weighted by molar-refractivity contribution is 6.31. The number of anilines is 1. The van der Waals surface area contributed by atoms with Crippen LogP contribution < -0.4 is 4.90 Å². The maximum atomic E-state index is 14.7. The molecule has 2 rings (SSSR count). The van der Waals surface area contributed by atoms with Crippen molar-refractivity contribution in [1.29, 1.82) is 0 Å². The molecule has 1 aliphatic rings. The molecule has 0 aromatic heterocycles. The van der Waals surface area contributed by atoms with E-state index in [0.717, 1.165) is 20.4 Å². The Morgan fingerprint density at radius 3 is 2.37 bits per heavy atom. The van der Waals surface area contributed by atoms with E-state index in [4.69, 9.17) is 11.6 Å². The lowest BCUT2D eigenvalue weighted by atomic mass is 10.1. The second kappa shape index (κ2) is 7.96. The van der Waals surface area contributed by atoms with Gasteiger partial charge in [-0.25, -0.2) is 18.4 Å². The first-order chi connectivity index (χ1) is 12.7. The Kier molecular flexibility index (Phi) is 5.91. The van der Waals surface area contributed by atoms with Crippen molar-refractivity contribution in [1.82, 2.24) is 0 Å². The quantitative estimate of drug-likeness (QED) is 0.331. The van der Waals surface area contributed by atoms with Crippen molar-refractivity contribution in [3.8, 4) is 0 Å². The first-order valence-corrected chi connectivity index (χ1v) is 7.49. The van der Waals surface area contributed by atoms with E-state index in [1.165, 1.54) is 18.2 Å². The minimum atomic E-state index is -1.50. The van der Waals surface area contributed by atoms with Gasteiger partial charge in [0.15, 0.2) is 17.3 Å². The van der Waals surface area contributed by atoms with Gasteiger partial charge < -0.3 is 14.4 Å². The average molecular weight is 401 g/mol. The summed E-state index contributed by atoms with van der Waals surface area (Å²) in [4.78, 5) is 35.3. The fourth-order valence-corrected chi connectivity index (χ4v) is 2.42. The van der Waals surface area contributed by atoms with Gasteiger partial charge in [0, 0.05) is 6.20 Å². The highest BCUT2D eigenvalue weighted by atomic mass is 35.5. The third kappa shape index (κ3) is 3.65. The normalized spacial score (nSPS) is 13.4. The molecular formula is C16H11ClF2N2O6. The van der Waals surface area contributed by atoms with Gasteiger partial charge in [0.05, 0.1) is 30.8 Å². The van der Waals surface area contributed by atoms with Crippen LogP contribution in [0.5, 0.6) is 0 Å². The highest BCUT2D eigenvalue weighted by Gasteiger charge is 2.35. The molecule has 0 atom stereocenters. The minimum Gasteiger partial charge on any atom is -0.465 e. The van der Waals surface area contributed by atoms with Crippen LogP contribution in [0.2, 0.25) is 5.02 Å². The molecule has 8 nitrogen and oxygen atoms in total. The van der Waals surface area contributed by atoms with Crippen LogP contribution in [0.3, 0.4) is 0 Å². The smallest absolute Gasteiger partial charge is 0.355 e. The Bertz CT molecular complexity index is 926. The van der Waals surface area contributed by atoms with Crippen LogP contribution in [0.1, 0.15) is 0 Å². The lowest BCUT2D eigenvalue weighted by molar-refractivity contribution is -0.384. The van der Waals surface area contributed by atoms with E-state index in [1.54, 1.807) is 0 Å². The van der Waals surface area contributed by atoms with E-state index in [9.17, 15) is 28.5 Å². The Morgan fingerprint density at radius 2 is 1.81 bits per heavy atom. The van der Waals surface area contributed by atoms with Crippen LogP contribution in [0.25, 0.3) is 0 Å². The van der Waals surface area contributed by atoms with Gasteiger partial charge in [-0.05, 0) is 12.2 Å². The van der Waals surface area contributed by atoms with Crippen LogP contribution in [-0.2, 0) is 19.1 Å². The van der Waals surface area contributed by atoms with E-state index < -0.39 is 50.6 Å². The predicted octanol–water partition coefficient (Wildman–Crippen LogP) is 3.02. The van der Waals surface area contributed by atoms with Gasteiger partial charge >= 0.3 is 11.9 Å². The molecule has 1 aromatic carbocycles. The van der Waals surface area contributed by atoms with Crippen LogP contribution in [0.15, 0.2) is 41.8 Å². The van der Waals surface area contributed by atoms with Gasteiger partial charge in [0.25, 0.3) is 5.69 Å². The Balaban J connectivity index is 2.91. The zero-order valence-corrected chi connectivity index (χ0v) is 14.6. The zero-order valence-electron chi connectivity index (χ0n) is 13.9. The minimum absolute atomic E-state index is 0.372. The van der Waals surface area contributed by atoms with Gasteiger partial charge in [-0.2, -0.15) is 0 Å². The molecule has 27 heavy (non-hydrogen) atoms. The largest absolute Gasteiger partial charge is 0.465 e. The molecule has 1 heterocycles. The van der Waals surface area contributed by atoms with Crippen LogP contribution in [-0.4, -0.2) is 31.1 Å². The van der Waals surface area contributed by atoms with Crippen LogP contribution >= 0.6 is 11.6 Å². The summed E-state index contributed by atoms with van der Waals surface area (Å²) in [7, 11) is 2.03. The molecule has 0 N–H and O–H groups in total. The van der Waals surface area contributed by atoms with E-state index in [-0.39, 0.29) is 5.57 Å². The number of nitro benzene ring substituents is 1. The molecule has 0 amide bonds. The number of esters is 2. The lowest BCUT2D eigenvalue weighted by Crippen LogP contribution is -2.28. The number of halogens is 3. The number of benzene rings is 1. The first kappa shape index (κ1) is 20.0. The molecule has 0 saturated carbocycles. The number of methoxy groups -OCH3 is 2. The van der Waals surface area contributed by atoms with Crippen molar-refractivity contribution in [2.24, 2.45) is 0 Å². The second-order valence-corrected chi connectivity index (χ2v) is 5.31. The predicted molar refractivity (Wildman–Crippen MR) is 89.8 cm³/mol. The van der Waals surface area contributed by atoms with E-state index in [0.29, 0.717) is 11.0 Å². The van der Waals surface area contributed by atoms with Gasteiger partial charge in [-0.3, -0.25) is 10.1 Å². The van der Waals surface area contributed by atoms with Crippen LogP contribution in [0, 0.1) is 21.7 Å². The Hall–Kier alpha value is -3.27. The van der Waals surface area contributed by atoms with Gasteiger partial charge in [0.2, 0.25) is 0 Å². The number of hydrogen-bond acceptors (Lipinski definition) is 7. The van der Waals surface area contributed by atoms with Crippen molar-refractivity contribution in [2.45, 2.75) is 0 Å².